The minimum atomic E-state index is -0.580. The van der Waals surface area contributed by atoms with Crippen LogP contribution in [0.2, 0.25) is 0 Å². The SMILES string of the molecule is CCCCCCCCc1ccc(N=Nc2ccc(N=Nc3ccc(OCOCc4ccc5cc(CC(OO)c6ccc(N=Nc7ccc(N=Nc8ccc(CCCC)cc8)c8ccccc78)cc6)ccc5c4)cc3)c3ccccc23)cc1. The van der Waals surface area contributed by atoms with Gasteiger partial charge in [0.15, 0.2) is 6.79 Å². The van der Waals surface area contributed by atoms with Crippen LogP contribution in [0.15, 0.2) is 247 Å². The van der Waals surface area contributed by atoms with Crippen LogP contribution in [-0.2, 0) is 35.5 Å². The number of azo groups is 4. The number of fused-ring (bicyclic) bond motifs is 3. The molecule has 0 heterocycles. The molecule has 0 aromatic heterocycles. The van der Waals surface area contributed by atoms with Gasteiger partial charge in [0.1, 0.15) is 11.9 Å². The number of benzene rings is 10. The predicted octanol–water partition coefficient (Wildman–Crippen LogP) is 22.4. The summed E-state index contributed by atoms with van der Waals surface area (Å²) in [5, 5.41) is 52.6. The van der Waals surface area contributed by atoms with E-state index in [1.807, 2.05) is 152 Å². The van der Waals surface area contributed by atoms with Crippen molar-refractivity contribution < 1.29 is 19.6 Å². The highest BCUT2D eigenvalue weighted by molar-refractivity contribution is 6.00. The Labute approximate surface area is 480 Å². The zero-order chi connectivity index (χ0) is 56.1. The average molecular weight is 1090 g/mol. The summed E-state index contributed by atoms with van der Waals surface area (Å²) in [6.45, 7) is 4.92. The van der Waals surface area contributed by atoms with Gasteiger partial charge in [-0.1, -0.05) is 168 Å². The Balaban J connectivity index is 0.678. The highest BCUT2D eigenvalue weighted by Crippen LogP contribution is 2.38. The fraction of sp³-hybridized carbons (Fsp3) is 0.229. The Kier molecular flexibility index (Phi) is 19.9. The molecule has 0 amide bonds. The first-order chi connectivity index (χ1) is 40.5. The van der Waals surface area contributed by atoms with Crippen molar-refractivity contribution in [3.05, 3.63) is 234 Å². The van der Waals surface area contributed by atoms with Gasteiger partial charge in [0, 0.05) is 28.0 Å². The van der Waals surface area contributed by atoms with E-state index in [1.54, 1.807) is 0 Å². The maximum atomic E-state index is 10.0. The van der Waals surface area contributed by atoms with E-state index in [0.29, 0.717) is 30.2 Å². The average Bonchev–Trinajstić information content (AvgIpc) is 3.69. The van der Waals surface area contributed by atoms with Gasteiger partial charge in [-0.3, -0.25) is 5.26 Å². The maximum Gasteiger partial charge on any atom is 0.189 e. The number of aryl methyl sites for hydroxylation is 2. The number of hydrogen-bond acceptors (Lipinski definition) is 12. The van der Waals surface area contributed by atoms with Gasteiger partial charge in [0.05, 0.1) is 52.1 Å². The lowest BCUT2D eigenvalue weighted by Gasteiger charge is -2.15. The first-order valence-electron chi connectivity index (χ1n) is 28.6. The predicted molar refractivity (Wildman–Crippen MR) is 330 cm³/mol. The van der Waals surface area contributed by atoms with Crippen LogP contribution in [0.3, 0.4) is 0 Å². The molecule has 1 unspecified atom stereocenters. The van der Waals surface area contributed by atoms with E-state index in [2.05, 4.69) is 109 Å². The van der Waals surface area contributed by atoms with Crippen molar-refractivity contribution in [2.45, 2.75) is 97.2 Å². The third-order valence-corrected chi connectivity index (χ3v) is 14.6. The highest BCUT2D eigenvalue weighted by Gasteiger charge is 2.15. The minimum absolute atomic E-state index is 0.0826. The second kappa shape index (κ2) is 29.0. The number of unbranched alkanes of at least 4 members (excludes halogenated alkanes) is 6. The Morgan fingerprint density at radius 3 is 1.26 bits per heavy atom. The summed E-state index contributed by atoms with van der Waals surface area (Å²) in [6, 6.07) is 68.0. The van der Waals surface area contributed by atoms with E-state index in [4.69, 9.17) is 14.4 Å². The lowest BCUT2D eigenvalue weighted by Crippen LogP contribution is -2.05. The fourth-order valence-corrected chi connectivity index (χ4v) is 9.90. The van der Waals surface area contributed by atoms with Crippen LogP contribution in [0.1, 0.15) is 99.1 Å². The largest absolute Gasteiger partial charge is 0.468 e. The molecule has 10 aromatic rings. The van der Waals surface area contributed by atoms with Crippen molar-refractivity contribution >= 4 is 77.8 Å². The van der Waals surface area contributed by atoms with Crippen molar-refractivity contribution in [2.24, 2.45) is 40.9 Å². The summed E-state index contributed by atoms with van der Waals surface area (Å²) in [4.78, 5) is 5.02. The number of rotatable bonds is 27. The van der Waals surface area contributed by atoms with Crippen molar-refractivity contribution in [1.29, 1.82) is 0 Å². The van der Waals surface area contributed by atoms with Crippen LogP contribution >= 0.6 is 0 Å². The molecule has 1 N–H and O–H groups in total. The summed E-state index contributed by atoms with van der Waals surface area (Å²) in [7, 11) is 0. The summed E-state index contributed by atoms with van der Waals surface area (Å²) in [6.07, 6.45) is 12.2. The van der Waals surface area contributed by atoms with Gasteiger partial charge >= 0.3 is 0 Å². The van der Waals surface area contributed by atoms with Crippen LogP contribution in [0, 0.1) is 0 Å². The molecule has 82 heavy (non-hydrogen) atoms. The van der Waals surface area contributed by atoms with Crippen LogP contribution in [-0.4, -0.2) is 12.1 Å². The second-order valence-electron chi connectivity index (χ2n) is 20.6. The normalized spacial score (nSPS) is 12.3. The smallest absolute Gasteiger partial charge is 0.189 e. The molecule has 0 saturated carbocycles. The first-order valence-corrected chi connectivity index (χ1v) is 28.6. The quantitative estimate of drug-likeness (QED) is 0.0179. The molecule has 0 saturated heterocycles. The van der Waals surface area contributed by atoms with Gasteiger partial charge in [-0.2, -0.15) is 20.5 Å². The molecule has 12 nitrogen and oxygen atoms in total. The van der Waals surface area contributed by atoms with E-state index in [0.717, 1.165) is 96.0 Å². The maximum absolute atomic E-state index is 10.0. The molecule has 10 aromatic carbocycles. The molecular formula is C70H68N8O4. The van der Waals surface area contributed by atoms with Crippen molar-refractivity contribution in [3.63, 3.8) is 0 Å². The van der Waals surface area contributed by atoms with Crippen LogP contribution in [0.25, 0.3) is 32.3 Å². The first kappa shape index (κ1) is 56.3. The Bertz CT molecular complexity index is 3810. The third kappa shape index (κ3) is 15.5. The molecule has 0 radical (unpaired) electrons. The third-order valence-electron chi connectivity index (χ3n) is 14.6. The monoisotopic (exact) mass is 1080 g/mol. The lowest BCUT2D eigenvalue weighted by molar-refractivity contribution is -0.281. The standard InChI is InChI=1S/C70H68N8O4/c1-3-5-7-8-9-10-16-51-25-33-58(34-26-51)72-76-67-42-44-69(65-20-14-12-18-63(65)67)78-74-60-37-39-61(40-38-60)81-49-80-48-53-22-28-55-45-52(21-27-56(55)46-53)47-70(82-79)54-29-35-59(36-30-54)73-77-68-43-41-66(62-17-11-13-19-64(62)68)75-71-57-31-23-50(24-32-57)15-6-4-2/h11-14,17-46,70,79H,3-10,15-16,47-49H2,1-2H3. The highest BCUT2D eigenvalue weighted by atomic mass is 17.1. The van der Waals surface area contributed by atoms with Crippen molar-refractivity contribution in [2.75, 3.05) is 6.79 Å². The Morgan fingerprint density at radius 2 is 0.780 bits per heavy atom. The van der Waals surface area contributed by atoms with E-state index < -0.39 is 6.10 Å². The summed E-state index contributed by atoms with van der Waals surface area (Å²) in [5.74, 6) is 0.662. The van der Waals surface area contributed by atoms with Gasteiger partial charge < -0.3 is 9.47 Å². The van der Waals surface area contributed by atoms with E-state index in [9.17, 15) is 5.26 Å². The molecule has 0 aliphatic rings. The van der Waals surface area contributed by atoms with Gasteiger partial charge in [0.2, 0.25) is 0 Å². The van der Waals surface area contributed by atoms with Crippen LogP contribution in [0.5, 0.6) is 5.75 Å². The summed E-state index contributed by atoms with van der Waals surface area (Å²) in [5.41, 5.74) is 11.5. The molecule has 412 valence electrons. The minimum Gasteiger partial charge on any atom is -0.468 e. The number of nitrogens with zero attached hydrogens (tertiary/aromatic N) is 8. The van der Waals surface area contributed by atoms with Gasteiger partial charge in [-0.15, -0.1) is 20.5 Å². The van der Waals surface area contributed by atoms with E-state index in [1.165, 1.54) is 62.5 Å². The second-order valence-corrected chi connectivity index (χ2v) is 20.6. The number of hydrogen-bond donors (Lipinski definition) is 1. The van der Waals surface area contributed by atoms with Gasteiger partial charge in [-0.25, -0.2) is 4.89 Å². The Morgan fingerprint density at radius 1 is 0.378 bits per heavy atom. The molecule has 0 fully saturated rings. The fourth-order valence-electron chi connectivity index (χ4n) is 9.90. The van der Waals surface area contributed by atoms with E-state index >= 15 is 0 Å². The molecule has 0 aliphatic carbocycles. The zero-order valence-electron chi connectivity index (χ0n) is 46.6. The summed E-state index contributed by atoms with van der Waals surface area (Å²) < 4.78 is 11.8. The van der Waals surface area contributed by atoms with Gasteiger partial charge in [0.25, 0.3) is 0 Å². The van der Waals surface area contributed by atoms with Gasteiger partial charge in [-0.05, 0) is 155 Å². The zero-order valence-corrected chi connectivity index (χ0v) is 46.6. The number of ether oxygens (including phenoxy) is 2. The molecule has 0 spiro atoms. The van der Waals surface area contributed by atoms with Crippen molar-refractivity contribution in [3.8, 4) is 5.75 Å². The van der Waals surface area contributed by atoms with Crippen LogP contribution < -0.4 is 4.74 Å². The van der Waals surface area contributed by atoms with Crippen LogP contribution in [0.4, 0.5) is 45.5 Å². The molecule has 12 heteroatoms. The molecule has 10 rings (SSSR count). The molecule has 1 atom stereocenters. The molecule has 0 bridgehead atoms. The Hall–Kier alpha value is -8.94. The van der Waals surface area contributed by atoms with Crippen molar-refractivity contribution in [1.82, 2.24) is 0 Å². The molecular weight excluding hydrogens is 1020 g/mol. The topological polar surface area (TPSA) is 147 Å². The summed E-state index contributed by atoms with van der Waals surface area (Å²) >= 11 is 0. The van der Waals surface area contributed by atoms with E-state index in [-0.39, 0.29) is 6.79 Å². The lowest BCUT2D eigenvalue weighted by atomic mass is 9.98. The molecule has 0 aliphatic heterocycles.